The highest BCUT2D eigenvalue weighted by Gasteiger charge is 2.28. The van der Waals surface area contributed by atoms with Crippen LogP contribution in [0.1, 0.15) is 84.5 Å². The Morgan fingerprint density at radius 1 is 0.848 bits per heavy atom. The zero-order valence-electron chi connectivity index (χ0n) is 19.7. The van der Waals surface area contributed by atoms with Gasteiger partial charge < -0.3 is 25.2 Å². The normalized spacial score (nSPS) is 14.8. The topological polar surface area (TPSA) is 169 Å². The number of nitrogens with one attached hydrogen (secondary N) is 1. The van der Waals surface area contributed by atoms with Crippen LogP contribution in [-0.4, -0.2) is 64.9 Å². The van der Waals surface area contributed by atoms with Crippen molar-refractivity contribution in [3.63, 3.8) is 0 Å². The van der Waals surface area contributed by atoms with E-state index in [9.17, 15) is 34.1 Å². The molecule has 0 aliphatic heterocycles. The number of carboxylic acid groups (broad SMARTS) is 1. The van der Waals surface area contributed by atoms with E-state index in [1.165, 1.54) is 0 Å². The Kier molecular flexibility index (Phi) is 18.0. The van der Waals surface area contributed by atoms with Gasteiger partial charge in [0, 0.05) is 12.8 Å². The highest BCUT2D eigenvalue weighted by Crippen LogP contribution is 2.43. The second kappa shape index (κ2) is 18.9. The van der Waals surface area contributed by atoms with E-state index in [-0.39, 0.29) is 12.8 Å². The number of carboxylic acids is 1. The molecule has 0 aliphatic rings. The molecule has 0 saturated heterocycles. The lowest BCUT2D eigenvalue weighted by molar-refractivity contribution is -0.147. The lowest BCUT2D eigenvalue weighted by atomic mass is 10.1. The molecule has 0 radical (unpaired) electrons. The number of carbonyl (C=O) groups is 3. The standard InChI is InChI=1S/C21H40NO10P/c1-3-5-7-8-9-11-12-19(24)22-18(21(26)27)16-32-33(28,29)31-15-17(23)14-30-20(25)13-10-6-4-2/h17-18,23H,3-16H2,1-2H3,(H,22,24)(H,26,27)(H,28,29). The lowest BCUT2D eigenvalue weighted by Gasteiger charge is -2.18. The average Bonchev–Trinajstić information content (AvgIpc) is 2.76. The second-order valence-electron chi connectivity index (χ2n) is 7.83. The molecule has 1 amide bonds. The van der Waals surface area contributed by atoms with Gasteiger partial charge in [-0.2, -0.15) is 0 Å². The van der Waals surface area contributed by atoms with Gasteiger partial charge >= 0.3 is 19.8 Å². The molecule has 11 nitrogen and oxygen atoms in total. The number of amides is 1. The van der Waals surface area contributed by atoms with Gasteiger partial charge in [0.25, 0.3) is 0 Å². The maximum absolute atomic E-state index is 11.9. The smallest absolute Gasteiger partial charge is 0.472 e. The molecular weight excluding hydrogens is 457 g/mol. The first-order chi connectivity index (χ1) is 15.6. The van der Waals surface area contributed by atoms with Crippen molar-refractivity contribution in [2.45, 2.75) is 96.6 Å². The molecule has 0 spiro atoms. The van der Waals surface area contributed by atoms with Gasteiger partial charge in [-0.1, -0.05) is 58.8 Å². The summed E-state index contributed by atoms with van der Waals surface area (Å²) in [5, 5.41) is 21.2. The highest BCUT2D eigenvalue weighted by atomic mass is 31.2. The summed E-state index contributed by atoms with van der Waals surface area (Å²) in [7, 11) is -4.70. The largest absolute Gasteiger partial charge is 0.480 e. The van der Waals surface area contributed by atoms with Gasteiger partial charge in [0.2, 0.25) is 5.91 Å². The number of phosphoric ester groups is 1. The molecule has 194 valence electrons. The summed E-state index contributed by atoms with van der Waals surface area (Å²) >= 11 is 0. The minimum atomic E-state index is -4.70. The number of rotatable bonds is 21. The van der Waals surface area contributed by atoms with E-state index in [0.29, 0.717) is 12.8 Å². The first-order valence-corrected chi connectivity index (χ1v) is 13.1. The Balaban J connectivity index is 4.24. The predicted molar refractivity (Wildman–Crippen MR) is 120 cm³/mol. The molecule has 3 unspecified atom stereocenters. The molecule has 0 aromatic rings. The first-order valence-electron chi connectivity index (χ1n) is 11.6. The van der Waals surface area contributed by atoms with Crippen molar-refractivity contribution in [1.29, 1.82) is 0 Å². The van der Waals surface area contributed by atoms with Crippen molar-refractivity contribution in [3.8, 4) is 0 Å². The minimum Gasteiger partial charge on any atom is -0.480 e. The van der Waals surface area contributed by atoms with Gasteiger partial charge in [-0.15, -0.1) is 0 Å². The number of aliphatic hydroxyl groups is 1. The van der Waals surface area contributed by atoms with Gasteiger partial charge in [-0.05, 0) is 12.8 Å². The van der Waals surface area contributed by atoms with Gasteiger partial charge in [-0.25, -0.2) is 9.36 Å². The summed E-state index contributed by atoms with van der Waals surface area (Å²) in [6.07, 6.45) is 7.30. The zero-order chi connectivity index (χ0) is 25.1. The lowest BCUT2D eigenvalue weighted by Crippen LogP contribution is -2.43. The van der Waals surface area contributed by atoms with Crippen molar-refractivity contribution < 1.29 is 47.8 Å². The van der Waals surface area contributed by atoms with Crippen LogP contribution in [0, 0.1) is 0 Å². The third-order valence-electron chi connectivity index (χ3n) is 4.65. The van der Waals surface area contributed by atoms with E-state index in [2.05, 4.69) is 21.3 Å². The Hall–Kier alpha value is -1.52. The van der Waals surface area contributed by atoms with Gasteiger partial charge in [0.15, 0.2) is 6.04 Å². The number of ether oxygens (including phenoxy) is 1. The Labute approximate surface area is 195 Å². The first kappa shape index (κ1) is 31.5. The summed E-state index contributed by atoms with van der Waals surface area (Å²) in [6.45, 7) is 2.21. The number of hydrogen-bond donors (Lipinski definition) is 4. The molecule has 12 heteroatoms. The Bertz CT molecular complexity index is 616. The van der Waals surface area contributed by atoms with E-state index in [1.807, 2.05) is 6.92 Å². The molecule has 0 bridgehead atoms. The average molecular weight is 498 g/mol. The number of hydrogen-bond acceptors (Lipinski definition) is 8. The van der Waals surface area contributed by atoms with Crippen LogP contribution in [0.4, 0.5) is 0 Å². The molecule has 33 heavy (non-hydrogen) atoms. The van der Waals surface area contributed by atoms with Crippen molar-refractivity contribution in [1.82, 2.24) is 5.32 Å². The summed E-state index contributed by atoms with van der Waals surface area (Å²) in [6, 6.07) is -1.53. The molecule has 3 atom stereocenters. The Morgan fingerprint density at radius 3 is 2.03 bits per heavy atom. The minimum absolute atomic E-state index is 0.145. The van der Waals surface area contributed by atoms with Crippen LogP contribution in [0.25, 0.3) is 0 Å². The zero-order valence-corrected chi connectivity index (χ0v) is 20.6. The quantitative estimate of drug-likeness (QED) is 0.105. The summed E-state index contributed by atoms with van der Waals surface area (Å²) in [5.41, 5.74) is 0. The van der Waals surface area contributed by atoms with Crippen LogP contribution < -0.4 is 5.32 Å². The summed E-state index contributed by atoms with van der Waals surface area (Å²) < 4.78 is 26.0. The molecule has 0 aliphatic carbocycles. The van der Waals surface area contributed by atoms with Crippen LogP contribution in [0.3, 0.4) is 0 Å². The molecule has 0 rings (SSSR count). The fraction of sp³-hybridized carbons (Fsp3) is 0.857. The van der Waals surface area contributed by atoms with Gasteiger partial charge in [0.05, 0.1) is 13.2 Å². The summed E-state index contributed by atoms with van der Waals surface area (Å²) in [4.78, 5) is 44.4. The van der Waals surface area contributed by atoms with Gasteiger partial charge in [0.1, 0.15) is 12.7 Å². The molecule has 0 aromatic carbocycles. The SMILES string of the molecule is CCCCCCCCC(=O)NC(COP(=O)(O)OCC(O)COC(=O)CCCCC)C(=O)O. The number of aliphatic hydroxyl groups excluding tert-OH is 1. The Morgan fingerprint density at radius 2 is 1.39 bits per heavy atom. The molecule has 0 aromatic heterocycles. The maximum Gasteiger partial charge on any atom is 0.472 e. The fourth-order valence-corrected chi connectivity index (χ4v) is 3.49. The number of carbonyl (C=O) groups excluding carboxylic acids is 2. The molecular formula is C21H40NO10P. The van der Waals surface area contributed by atoms with Crippen molar-refractivity contribution in [2.24, 2.45) is 0 Å². The predicted octanol–water partition coefficient (Wildman–Crippen LogP) is 2.92. The van der Waals surface area contributed by atoms with Crippen LogP contribution >= 0.6 is 7.82 Å². The van der Waals surface area contributed by atoms with Gasteiger partial charge in [-0.3, -0.25) is 18.6 Å². The number of aliphatic carboxylic acids is 1. The van der Waals surface area contributed by atoms with Crippen molar-refractivity contribution in [2.75, 3.05) is 19.8 Å². The number of unbranched alkanes of at least 4 members (excludes halogenated alkanes) is 7. The van der Waals surface area contributed by atoms with Crippen LogP contribution in [-0.2, 0) is 32.7 Å². The highest BCUT2D eigenvalue weighted by molar-refractivity contribution is 7.47. The molecule has 4 N–H and O–H groups in total. The van der Waals surface area contributed by atoms with E-state index in [0.717, 1.165) is 44.9 Å². The third-order valence-corrected chi connectivity index (χ3v) is 5.60. The van der Waals surface area contributed by atoms with E-state index < -0.39 is 57.6 Å². The van der Waals surface area contributed by atoms with E-state index in [4.69, 9.17) is 4.74 Å². The fourth-order valence-electron chi connectivity index (χ4n) is 2.72. The molecule has 0 fully saturated rings. The number of esters is 1. The van der Waals surface area contributed by atoms with Crippen molar-refractivity contribution in [3.05, 3.63) is 0 Å². The second-order valence-corrected chi connectivity index (χ2v) is 9.28. The monoisotopic (exact) mass is 497 g/mol. The van der Waals surface area contributed by atoms with Crippen LogP contribution in [0.5, 0.6) is 0 Å². The van der Waals surface area contributed by atoms with E-state index >= 15 is 0 Å². The third kappa shape index (κ3) is 18.6. The maximum atomic E-state index is 11.9. The summed E-state index contributed by atoms with van der Waals surface area (Å²) in [5.74, 6) is -2.42. The molecule has 0 heterocycles. The van der Waals surface area contributed by atoms with E-state index in [1.54, 1.807) is 0 Å². The molecule has 0 saturated carbocycles. The number of phosphoric acid groups is 1. The van der Waals surface area contributed by atoms with Crippen LogP contribution in [0.2, 0.25) is 0 Å². The van der Waals surface area contributed by atoms with Crippen molar-refractivity contribution >= 4 is 25.7 Å². The van der Waals surface area contributed by atoms with Crippen LogP contribution in [0.15, 0.2) is 0 Å².